The molecule has 1 amide bonds. The number of carbonyl (C=O) groups excluding carboxylic acids is 1. The van der Waals surface area contributed by atoms with E-state index in [0.717, 1.165) is 5.56 Å². The molecule has 25 heavy (non-hydrogen) atoms. The number of hydrogen-bond donors (Lipinski definition) is 1. The van der Waals surface area contributed by atoms with Gasteiger partial charge in [0.1, 0.15) is 6.61 Å². The predicted molar refractivity (Wildman–Crippen MR) is 99.2 cm³/mol. The number of nitrogens with zero attached hydrogens (tertiary/aromatic N) is 1. The molecular weight excluding hydrogens is 340 g/mol. The van der Waals surface area contributed by atoms with Gasteiger partial charge in [0.15, 0.2) is 0 Å². The summed E-state index contributed by atoms with van der Waals surface area (Å²) in [5, 5.41) is 3.59. The van der Waals surface area contributed by atoms with E-state index < -0.39 is 5.41 Å². The number of aromatic nitrogens is 1. The normalized spacial score (nSPS) is 11.2. The Kier molecular flexibility index (Phi) is 6.79. The standard InChI is InChI=1S/C19H23ClN2O3/c1-19(2,12-14-4-6-15(20)7-5-14)18(23)22-16-8-9-17(21-13-16)25-11-10-24-3/h4-9,13H,10-12H2,1-3H3,(H,22,23). The van der Waals surface area contributed by atoms with Gasteiger partial charge in [-0.2, -0.15) is 0 Å². The Morgan fingerprint density at radius 2 is 1.88 bits per heavy atom. The van der Waals surface area contributed by atoms with Crippen LogP contribution in [-0.4, -0.2) is 31.2 Å². The van der Waals surface area contributed by atoms with Gasteiger partial charge >= 0.3 is 0 Å². The third kappa shape index (κ3) is 6.03. The summed E-state index contributed by atoms with van der Waals surface area (Å²) in [5.74, 6) is 0.424. The smallest absolute Gasteiger partial charge is 0.230 e. The van der Waals surface area contributed by atoms with Crippen molar-refractivity contribution in [3.8, 4) is 5.88 Å². The third-order valence-electron chi connectivity index (χ3n) is 3.71. The van der Waals surface area contributed by atoms with Crippen molar-refractivity contribution in [1.82, 2.24) is 4.98 Å². The lowest BCUT2D eigenvalue weighted by Crippen LogP contribution is -2.32. The van der Waals surface area contributed by atoms with Crippen molar-refractivity contribution in [2.24, 2.45) is 5.41 Å². The molecule has 0 aliphatic heterocycles. The molecule has 0 bridgehead atoms. The first-order chi connectivity index (χ1) is 11.9. The fourth-order valence-electron chi connectivity index (χ4n) is 2.26. The molecule has 0 radical (unpaired) electrons. The first-order valence-electron chi connectivity index (χ1n) is 8.04. The second kappa shape index (κ2) is 8.83. The lowest BCUT2D eigenvalue weighted by molar-refractivity contribution is -0.123. The molecule has 1 aromatic heterocycles. The molecule has 1 N–H and O–H groups in total. The van der Waals surface area contributed by atoms with Crippen LogP contribution in [0, 0.1) is 5.41 Å². The molecule has 0 spiro atoms. The van der Waals surface area contributed by atoms with Gasteiger partial charge in [-0.1, -0.05) is 37.6 Å². The Bertz CT molecular complexity index is 685. The minimum absolute atomic E-state index is 0.0719. The maximum Gasteiger partial charge on any atom is 0.230 e. The van der Waals surface area contributed by atoms with E-state index in [1.54, 1.807) is 25.4 Å². The Morgan fingerprint density at radius 1 is 1.16 bits per heavy atom. The van der Waals surface area contributed by atoms with Gasteiger partial charge in [-0.25, -0.2) is 4.98 Å². The summed E-state index contributed by atoms with van der Waals surface area (Å²) >= 11 is 5.90. The van der Waals surface area contributed by atoms with Crippen LogP contribution in [0.5, 0.6) is 5.88 Å². The highest BCUT2D eigenvalue weighted by Crippen LogP contribution is 2.25. The number of benzene rings is 1. The van der Waals surface area contributed by atoms with E-state index in [0.29, 0.717) is 36.2 Å². The number of pyridine rings is 1. The first kappa shape index (κ1) is 19.2. The van der Waals surface area contributed by atoms with E-state index in [1.165, 1.54) is 0 Å². The molecule has 1 aromatic carbocycles. The van der Waals surface area contributed by atoms with Crippen molar-refractivity contribution in [3.63, 3.8) is 0 Å². The Labute approximate surface area is 153 Å². The number of hydrogen-bond acceptors (Lipinski definition) is 4. The summed E-state index contributed by atoms with van der Waals surface area (Å²) in [7, 11) is 1.61. The van der Waals surface area contributed by atoms with Gasteiger partial charge in [0.05, 0.1) is 18.5 Å². The molecule has 6 heteroatoms. The van der Waals surface area contributed by atoms with E-state index in [2.05, 4.69) is 10.3 Å². The number of carbonyl (C=O) groups is 1. The lowest BCUT2D eigenvalue weighted by atomic mass is 9.85. The van der Waals surface area contributed by atoms with Crippen molar-refractivity contribution in [3.05, 3.63) is 53.2 Å². The average Bonchev–Trinajstić information content (AvgIpc) is 2.58. The molecule has 0 saturated heterocycles. The molecule has 1 heterocycles. The molecule has 0 aliphatic carbocycles. The van der Waals surface area contributed by atoms with Gasteiger partial charge in [0.2, 0.25) is 11.8 Å². The molecule has 2 aromatic rings. The zero-order valence-corrected chi connectivity index (χ0v) is 15.5. The van der Waals surface area contributed by atoms with Crippen molar-refractivity contribution in [2.75, 3.05) is 25.6 Å². The Balaban J connectivity index is 1.94. The summed E-state index contributed by atoms with van der Waals surface area (Å²) in [6.07, 6.45) is 2.19. The largest absolute Gasteiger partial charge is 0.475 e. The van der Waals surface area contributed by atoms with E-state index in [9.17, 15) is 4.79 Å². The highest BCUT2D eigenvalue weighted by molar-refractivity contribution is 6.30. The fourth-order valence-corrected chi connectivity index (χ4v) is 2.39. The molecular formula is C19H23ClN2O3. The molecule has 0 unspecified atom stereocenters. The van der Waals surface area contributed by atoms with Crippen LogP contribution in [0.2, 0.25) is 5.02 Å². The Morgan fingerprint density at radius 3 is 2.48 bits per heavy atom. The molecule has 134 valence electrons. The maximum absolute atomic E-state index is 12.6. The van der Waals surface area contributed by atoms with Crippen LogP contribution in [0.1, 0.15) is 19.4 Å². The number of amides is 1. The fraction of sp³-hybridized carbons (Fsp3) is 0.368. The topological polar surface area (TPSA) is 60.5 Å². The minimum Gasteiger partial charge on any atom is -0.475 e. The SMILES string of the molecule is COCCOc1ccc(NC(=O)C(C)(C)Cc2ccc(Cl)cc2)cn1. The summed E-state index contributed by atoms with van der Waals surface area (Å²) in [4.78, 5) is 16.8. The third-order valence-corrected chi connectivity index (χ3v) is 3.96. The van der Waals surface area contributed by atoms with Crippen LogP contribution in [0.15, 0.2) is 42.6 Å². The number of anilines is 1. The van der Waals surface area contributed by atoms with Crippen molar-refractivity contribution in [1.29, 1.82) is 0 Å². The van der Waals surface area contributed by atoms with Crippen LogP contribution < -0.4 is 10.1 Å². The zero-order valence-electron chi connectivity index (χ0n) is 14.7. The molecule has 0 atom stereocenters. The van der Waals surface area contributed by atoms with Crippen LogP contribution in [0.4, 0.5) is 5.69 Å². The van der Waals surface area contributed by atoms with Gasteiger partial charge in [-0.3, -0.25) is 4.79 Å². The lowest BCUT2D eigenvalue weighted by Gasteiger charge is -2.23. The predicted octanol–water partition coefficient (Wildman–Crippen LogP) is 3.97. The highest BCUT2D eigenvalue weighted by Gasteiger charge is 2.28. The van der Waals surface area contributed by atoms with Gasteiger partial charge < -0.3 is 14.8 Å². The van der Waals surface area contributed by atoms with Gasteiger partial charge in [0, 0.05) is 23.6 Å². The van der Waals surface area contributed by atoms with Crippen LogP contribution in [-0.2, 0) is 16.0 Å². The number of nitrogens with one attached hydrogen (secondary N) is 1. The van der Waals surface area contributed by atoms with Crippen LogP contribution >= 0.6 is 11.6 Å². The van der Waals surface area contributed by atoms with Crippen molar-refractivity contribution < 1.29 is 14.3 Å². The van der Waals surface area contributed by atoms with Crippen molar-refractivity contribution in [2.45, 2.75) is 20.3 Å². The second-order valence-electron chi connectivity index (χ2n) is 6.37. The van der Waals surface area contributed by atoms with Gasteiger partial charge in [0.25, 0.3) is 0 Å². The van der Waals surface area contributed by atoms with Crippen LogP contribution in [0.3, 0.4) is 0 Å². The van der Waals surface area contributed by atoms with E-state index in [1.807, 2.05) is 38.1 Å². The van der Waals surface area contributed by atoms with Gasteiger partial charge in [-0.15, -0.1) is 0 Å². The maximum atomic E-state index is 12.6. The summed E-state index contributed by atoms with van der Waals surface area (Å²) in [5.41, 5.74) is 1.12. The van der Waals surface area contributed by atoms with E-state index in [-0.39, 0.29) is 5.91 Å². The monoisotopic (exact) mass is 362 g/mol. The number of halogens is 1. The minimum atomic E-state index is -0.568. The average molecular weight is 363 g/mol. The molecule has 5 nitrogen and oxygen atoms in total. The second-order valence-corrected chi connectivity index (χ2v) is 6.80. The van der Waals surface area contributed by atoms with Crippen molar-refractivity contribution >= 4 is 23.2 Å². The zero-order chi connectivity index (χ0) is 18.3. The summed E-state index contributed by atoms with van der Waals surface area (Å²) in [6.45, 7) is 4.75. The molecule has 0 aliphatic rings. The summed E-state index contributed by atoms with van der Waals surface area (Å²) in [6, 6.07) is 11.0. The summed E-state index contributed by atoms with van der Waals surface area (Å²) < 4.78 is 10.3. The van der Waals surface area contributed by atoms with E-state index in [4.69, 9.17) is 21.1 Å². The molecule has 0 fully saturated rings. The van der Waals surface area contributed by atoms with E-state index >= 15 is 0 Å². The Hall–Kier alpha value is -2.11. The van der Waals surface area contributed by atoms with Gasteiger partial charge in [-0.05, 0) is 30.2 Å². The quantitative estimate of drug-likeness (QED) is 0.722. The molecule has 0 saturated carbocycles. The van der Waals surface area contributed by atoms with Crippen LogP contribution in [0.25, 0.3) is 0 Å². The first-order valence-corrected chi connectivity index (χ1v) is 8.42. The number of ether oxygens (including phenoxy) is 2. The number of methoxy groups -OCH3 is 1. The molecule has 2 rings (SSSR count). The highest BCUT2D eigenvalue weighted by atomic mass is 35.5. The number of rotatable bonds is 8.